The maximum atomic E-state index is 11.3. The van der Waals surface area contributed by atoms with Crippen LogP contribution in [0.5, 0.6) is 0 Å². The Kier molecular flexibility index (Phi) is 7.37. The lowest BCUT2D eigenvalue weighted by Gasteiger charge is -2.16. The van der Waals surface area contributed by atoms with Gasteiger partial charge < -0.3 is 20.9 Å². The van der Waals surface area contributed by atoms with Crippen molar-refractivity contribution in [3.8, 4) is 0 Å². The SMILES string of the molecule is CCC(N)CC(=O)NC(CO)COC. The molecule has 0 aliphatic heterocycles. The van der Waals surface area contributed by atoms with Gasteiger partial charge >= 0.3 is 0 Å². The first-order valence-electron chi connectivity index (χ1n) is 4.78. The van der Waals surface area contributed by atoms with E-state index in [1.54, 1.807) is 0 Å². The molecule has 0 aliphatic rings. The van der Waals surface area contributed by atoms with Gasteiger partial charge in [-0.15, -0.1) is 0 Å². The Bertz CT molecular complexity index is 164. The predicted molar refractivity (Wildman–Crippen MR) is 53.8 cm³/mol. The Morgan fingerprint density at radius 2 is 2.29 bits per heavy atom. The highest BCUT2D eigenvalue weighted by atomic mass is 16.5. The molecule has 84 valence electrons. The van der Waals surface area contributed by atoms with Crippen molar-refractivity contribution in [2.24, 2.45) is 5.73 Å². The highest BCUT2D eigenvalue weighted by Crippen LogP contribution is 1.94. The van der Waals surface area contributed by atoms with Crippen molar-refractivity contribution in [1.82, 2.24) is 5.32 Å². The van der Waals surface area contributed by atoms with E-state index in [0.29, 0.717) is 6.61 Å². The maximum absolute atomic E-state index is 11.3. The monoisotopic (exact) mass is 204 g/mol. The quantitative estimate of drug-likeness (QED) is 0.509. The van der Waals surface area contributed by atoms with Gasteiger partial charge in [0, 0.05) is 19.6 Å². The third-order valence-corrected chi connectivity index (χ3v) is 1.93. The number of carbonyl (C=O) groups is 1. The van der Waals surface area contributed by atoms with E-state index >= 15 is 0 Å². The smallest absolute Gasteiger partial charge is 0.221 e. The Morgan fingerprint density at radius 3 is 2.71 bits per heavy atom. The van der Waals surface area contributed by atoms with Crippen molar-refractivity contribution in [2.75, 3.05) is 20.3 Å². The molecule has 0 rings (SSSR count). The molecule has 4 N–H and O–H groups in total. The summed E-state index contributed by atoms with van der Waals surface area (Å²) in [5.74, 6) is -0.143. The van der Waals surface area contributed by atoms with Crippen LogP contribution in [0, 0.1) is 0 Å². The Morgan fingerprint density at radius 1 is 1.64 bits per heavy atom. The first-order chi connectivity index (χ1) is 6.63. The van der Waals surface area contributed by atoms with Gasteiger partial charge in [-0.2, -0.15) is 0 Å². The zero-order chi connectivity index (χ0) is 11.0. The fourth-order valence-corrected chi connectivity index (χ4v) is 1.01. The molecule has 0 aliphatic carbocycles. The lowest BCUT2D eigenvalue weighted by Crippen LogP contribution is -2.42. The lowest BCUT2D eigenvalue weighted by atomic mass is 10.1. The van der Waals surface area contributed by atoms with E-state index in [1.165, 1.54) is 7.11 Å². The maximum Gasteiger partial charge on any atom is 0.221 e. The summed E-state index contributed by atoms with van der Waals surface area (Å²) in [6.45, 7) is 2.11. The van der Waals surface area contributed by atoms with Crippen molar-refractivity contribution in [2.45, 2.75) is 31.8 Å². The number of aliphatic hydroxyl groups is 1. The summed E-state index contributed by atoms with van der Waals surface area (Å²) in [7, 11) is 1.52. The molecule has 0 aromatic carbocycles. The van der Waals surface area contributed by atoms with E-state index in [2.05, 4.69) is 5.32 Å². The molecule has 0 spiro atoms. The Balaban J connectivity index is 3.78. The normalized spacial score (nSPS) is 14.9. The van der Waals surface area contributed by atoms with Gasteiger partial charge in [-0.1, -0.05) is 6.92 Å². The number of ether oxygens (including phenoxy) is 1. The van der Waals surface area contributed by atoms with E-state index in [1.807, 2.05) is 6.92 Å². The number of aliphatic hydroxyl groups excluding tert-OH is 1. The summed E-state index contributed by atoms with van der Waals surface area (Å²) in [4.78, 5) is 11.3. The Labute approximate surface area is 84.6 Å². The average molecular weight is 204 g/mol. The molecule has 5 heteroatoms. The number of methoxy groups -OCH3 is 1. The van der Waals surface area contributed by atoms with Crippen LogP contribution in [-0.2, 0) is 9.53 Å². The lowest BCUT2D eigenvalue weighted by molar-refractivity contribution is -0.122. The number of hydrogen-bond donors (Lipinski definition) is 3. The highest BCUT2D eigenvalue weighted by molar-refractivity contribution is 5.76. The fourth-order valence-electron chi connectivity index (χ4n) is 1.01. The van der Waals surface area contributed by atoms with Crippen molar-refractivity contribution in [3.63, 3.8) is 0 Å². The van der Waals surface area contributed by atoms with Crippen LogP contribution in [0.3, 0.4) is 0 Å². The molecule has 2 atom stereocenters. The van der Waals surface area contributed by atoms with E-state index in [-0.39, 0.29) is 31.0 Å². The second-order valence-corrected chi connectivity index (χ2v) is 3.27. The van der Waals surface area contributed by atoms with Gasteiger partial charge in [0.05, 0.1) is 19.3 Å². The molecule has 0 fully saturated rings. The molecular formula is C9H20N2O3. The summed E-state index contributed by atoms with van der Waals surface area (Å²) in [5.41, 5.74) is 5.61. The molecule has 14 heavy (non-hydrogen) atoms. The van der Waals surface area contributed by atoms with E-state index in [9.17, 15) is 4.79 Å². The molecule has 1 amide bonds. The third-order valence-electron chi connectivity index (χ3n) is 1.93. The van der Waals surface area contributed by atoms with Crippen LogP contribution in [0.1, 0.15) is 19.8 Å². The second-order valence-electron chi connectivity index (χ2n) is 3.27. The number of nitrogens with two attached hydrogens (primary N) is 1. The molecule has 0 saturated heterocycles. The average Bonchev–Trinajstić information content (AvgIpc) is 2.16. The van der Waals surface area contributed by atoms with Gasteiger partial charge in [0.25, 0.3) is 0 Å². The highest BCUT2D eigenvalue weighted by Gasteiger charge is 2.12. The van der Waals surface area contributed by atoms with Crippen LogP contribution >= 0.6 is 0 Å². The van der Waals surface area contributed by atoms with Gasteiger partial charge in [-0.25, -0.2) is 0 Å². The number of carbonyl (C=O) groups excluding carboxylic acids is 1. The first-order valence-corrected chi connectivity index (χ1v) is 4.78. The minimum Gasteiger partial charge on any atom is -0.394 e. The standard InChI is InChI=1S/C9H20N2O3/c1-3-7(10)4-9(13)11-8(5-12)6-14-2/h7-8,12H,3-6,10H2,1-2H3,(H,11,13). The van der Waals surface area contributed by atoms with Gasteiger partial charge in [0.1, 0.15) is 0 Å². The largest absolute Gasteiger partial charge is 0.394 e. The van der Waals surface area contributed by atoms with Crippen LogP contribution < -0.4 is 11.1 Å². The predicted octanol–water partition coefficient (Wildman–Crippen LogP) is -0.763. The summed E-state index contributed by atoms with van der Waals surface area (Å²) in [5, 5.41) is 11.5. The molecule has 0 saturated carbocycles. The summed E-state index contributed by atoms with van der Waals surface area (Å²) < 4.78 is 4.82. The molecule has 0 bridgehead atoms. The van der Waals surface area contributed by atoms with Crippen molar-refractivity contribution in [3.05, 3.63) is 0 Å². The second kappa shape index (κ2) is 7.73. The zero-order valence-corrected chi connectivity index (χ0v) is 8.82. The third kappa shape index (κ3) is 5.90. The van der Waals surface area contributed by atoms with Gasteiger partial charge in [0.2, 0.25) is 5.91 Å². The molecule has 0 aromatic rings. The number of rotatable bonds is 7. The molecular weight excluding hydrogens is 184 g/mol. The number of hydrogen-bond acceptors (Lipinski definition) is 4. The van der Waals surface area contributed by atoms with E-state index in [0.717, 1.165) is 6.42 Å². The molecule has 5 nitrogen and oxygen atoms in total. The van der Waals surface area contributed by atoms with Gasteiger partial charge in [-0.05, 0) is 6.42 Å². The number of nitrogens with one attached hydrogen (secondary N) is 1. The molecule has 0 aromatic heterocycles. The van der Waals surface area contributed by atoms with Crippen LogP contribution in [0.15, 0.2) is 0 Å². The fraction of sp³-hybridized carbons (Fsp3) is 0.889. The van der Waals surface area contributed by atoms with E-state index in [4.69, 9.17) is 15.6 Å². The molecule has 2 unspecified atom stereocenters. The van der Waals surface area contributed by atoms with Crippen LogP contribution in [0.2, 0.25) is 0 Å². The zero-order valence-electron chi connectivity index (χ0n) is 8.82. The van der Waals surface area contributed by atoms with Crippen molar-refractivity contribution in [1.29, 1.82) is 0 Å². The minimum atomic E-state index is -0.337. The van der Waals surface area contributed by atoms with Gasteiger partial charge in [0.15, 0.2) is 0 Å². The van der Waals surface area contributed by atoms with Crippen molar-refractivity contribution < 1.29 is 14.6 Å². The summed E-state index contributed by atoms with van der Waals surface area (Å²) in [6.07, 6.45) is 1.05. The molecule has 0 radical (unpaired) electrons. The van der Waals surface area contributed by atoms with Crippen LogP contribution in [0.4, 0.5) is 0 Å². The van der Waals surface area contributed by atoms with Crippen LogP contribution in [0.25, 0.3) is 0 Å². The first kappa shape index (κ1) is 13.4. The number of amides is 1. The summed E-state index contributed by atoms with van der Waals surface area (Å²) in [6, 6.07) is -0.451. The van der Waals surface area contributed by atoms with Crippen LogP contribution in [-0.4, -0.2) is 43.4 Å². The topological polar surface area (TPSA) is 84.6 Å². The molecule has 0 heterocycles. The minimum absolute atomic E-state index is 0.114. The van der Waals surface area contributed by atoms with E-state index < -0.39 is 0 Å². The van der Waals surface area contributed by atoms with Crippen molar-refractivity contribution >= 4 is 5.91 Å². The van der Waals surface area contributed by atoms with Gasteiger partial charge in [-0.3, -0.25) is 4.79 Å². The summed E-state index contributed by atoms with van der Waals surface area (Å²) >= 11 is 0. The Hall–Kier alpha value is -0.650.